The van der Waals surface area contributed by atoms with Crippen LogP contribution >= 0.6 is 11.3 Å². The number of rotatable bonds is 3. The minimum Gasteiger partial charge on any atom is -0.306 e. The first kappa shape index (κ1) is 14.8. The van der Waals surface area contributed by atoms with Gasteiger partial charge in [0.1, 0.15) is 0 Å². The number of pyridine rings is 1. The van der Waals surface area contributed by atoms with Crippen LogP contribution in [0.4, 0.5) is 5.69 Å². The average molecular weight is 328 g/mol. The summed E-state index contributed by atoms with van der Waals surface area (Å²) >= 11 is 1.70. The van der Waals surface area contributed by atoms with Crippen LogP contribution < -0.4 is 4.90 Å². The van der Waals surface area contributed by atoms with E-state index in [-0.39, 0.29) is 11.9 Å². The summed E-state index contributed by atoms with van der Waals surface area (Å²) in [6, 6.07) is 4.58. The largest absolute Gasteiger partial charge is 0.306 e. The molecule has 4 heterocycles. The predicted molar refractivity (Wildman–Crippen MR) is 90.4 cm³/mol. The highest BCUT2D eigenvalue weighted by atomic mass is 32.1. The van der Waals surface area contributed by atoms with Gasteiger partial charge in [-0.1, -0.05) is 0 Å². The van der Waals surface area contributed by atoms with E-state index < -0.39 is 0 Å². The maximum atomic E-state index is 12.5. The van der Waals surface area contributed by atoms with Crippen molar-refractivity contribution >= 4 is 22.9 Å². The molecule has 0 saturated carbocycles. The van der Waals surface area contributed by atoms with Gasteiger partial charge in [0, 0.05) is 37.1 Å². The van der Waals surface area contributed by atoms with E-state index in [1.54, 1.807) is 23.7 Å². The third kappa shape index (κ3) is 2.77. The van der Waals surface area contributed by atoms with Crippen molar-refractivity contribution in [1.29, 1.82) is 0 Å². The number of piperidine rings is 1. The Morgan fingerprint density at radius 2 is 2.26 bits per heavy atom. The monoisotopic (exact) mass is 328 g/mol. The Balaban J connectivity index is 1.55. The highest BCUT2D eigenvalue weighted by molar-refractivity contribution is 7.09. The molecule has 2 saturated heterocycles. The maximum Gasteiger partial charge on any atom is 0.227 e. The molecule has 0 aliphatic carbocycles. The first-order valence-electron chi connectivity index (χ1n) is 8.09. The molecule has 0 bridgehead atoms. The van der Waals surface area contributed by atoms with Gasteiger partial charge in [-0.15, -0.1) is 11.3 Å². The number of amides is 1. The Bertz CT molecular complexity index is 702. The van der Waals surface area contributed by atoms with Gasteiger partial charge in [0.25, 0.3) is 0 Å². The van der Waals surface area contributed by atoms with E-state index in [9.17, 15) is 4.79 Å². The van der Waals surface area contributed by atoms with Crippen LogP contribution in [0.1, 0.15) is 30.0 Å². The lowest BCUT2D eigenvalue weighted by molar-refractivity contribution is -0.120. The molecule has 0 spiro atoms. The summed E-state index contributed by atoms with van der Waals surface area (Å²) in [5.41, 5.74) is 2.08. The molecule has 120 valence electrons. The second-order valence-electron chi connectivity index (χ2n) is 6.27. The fourth-order valence-electron chi connectivity index (χ4n) is 3.87. The van der Waals surface area contributed by atoms with Gasteiger partial charge in [0.2, 0.25) is 5.91 Å². The number of hydrogen-bond donors (Lipinski definition) is 0. The van der Waals surface area contributed by atoms with Crippen molar-refractivity contribution in [3.8, 4) is 0 Å². The SMILES string of the molecule is Cc1nc(CN2CC[C@@H]3[C@H]2CCC(=O)N3c2cccnc2)cs1. The standard InChI is InChI=1S/C17H20N4OS/c1-12-19-13(11-23-12)10-20-8-6-16-15(20)4-5-17(22)21(16)14-3-2-7-18-9-14/h2-3,7,9,11,15-16H,4-6,8,10H2,1H3/t15-,16-/m1/s1. The van der Waals surface area contributed by atoms with Crippen molar-refractivity contribution in [2.75, 3.05) is 11.4 Å². The smallest absolute Gasteiger partial charge is 0.227 e. The van der Waals surface area contributed by atoms with Crippen molar-refractivity contribution in [3.63, 3.8) is 0 Å². The summed E-state index contributed by atoms with van der Waals surface area (Å²) in [6.07, 6.45) is 6.13. The first-order valence-corrected chi connectivity index (χ1v) is 8.97. The lowest BCUT2D eigenvalue weighted by atomic mass is 9.95. The summed E-state index contributed by atoms with van der Waals surface area (Å²) in [5, 5.41) is 3.27. The molecule has 1 amide bonds. The number of carbonyl (C=O) groups excluding carboxylic acids is 1. The maximum absolute atomic E-state index is 12.5. The third-order valence-corrected chi connectivity index (χ3v) is 5.66. The average Bonchev–Trinajstić information content (AvgIpc) is 3.15. The van der Waals surface area contributed by atoms with E-state index in [0.29, 0.717) is 12.5 Å². The van der Waals surface area contributed by atoms with Crippen LogP contribution in [-0.4, -0.2) is 39.4 Å². The van der Waals surface area contributed by atoms with Crippen molar-refractivity contribution in [2.45, 2.75) is 44.8 Å². The summed E-state index contributed by atoms with van der Waals surface area (Å²) in [6.45, 7) is 3.96. The minimum absolute atomic E-state index is 0.227. The zero-order valence-electron chi connectivity index (χ0n) is 13.2. The molecule has 0 aromatic carbocycles. The van der Waals surface area contributed by atoms with E-state index in [4.69, 9.17) is 0 Å². The van der Waals surface area contributed by atoms with Gasteiger partial charge in [0.05, 0.1) is 28.6 Å². The van der Waals surface area contributed by atoms with Crippen molar-refractivity contribution < 1.29 is 4.79 Å². The first-order chi connectivity index (χ1) is 11.2. The molecule has 2 aliphatic heterocycles. The molecule has 4 rings (SSSR count). The summed E-state index contributed by atoms with van der Waals surface area (Å²) in [4.78, 5) is 25.7. The lowest BCUT2D eigenvalue weighted by Crippen LogP contribution is -2.52. The number of aromatic nitrogens is 2. The van der Waals surface area contributed by atoms with Gasteiger partial charge in [-0.25, -0.2) is 4.98 Å². The third-order valence-electron chi connectivity index (χ3n) is 4.84. The number of anilines is 1. The highest BCUT2D eigenvalue weighted by Gasteiger charge is 2.43. The van der Waals surface area contributed by atoms with Crippen LogP contribution in [0.15, 0.2) is 29.9 Å². The molecule has 0 radical (unpaired) electrons. The lowest BCUT2D eigenvalue weighted by Gasteiger charge is -2.39. The summed E-state index contributed by atoms with van der Waals surface area (Å²) in [5.74, 6) is 0.227. The van der Waals surface area contributed by atoms with E-state index >= 15 is 0 Å². The van der Waals surface area contributed by atoms with Crippen LogP contribution in [0.25, 0.3) is 0 Å². The van der Waals surface area contributed by atoms with E-state index in [1.165, 1.54) is 0 Å². The van der Waals surface area contributed by atoms with Crippen LogP contribution in [-0.2, 0) is 11.3 Å². The normalized spacial score (nSPS) is 24.9. The van der Waals surface area contributed by atoms with Gasteiger partial charge in [0.15, 0.2) is 0 Å². The van der Waals surface area contributed by atoms with Crippen molar-refractivity contribution in [3.05, 3.63) is 40.6 Å². The number of fused-ring (bicyclic) bond motifs is 1. The van der Waals surface area contributed by atoms with E-state index in [1.807, 2.05) is 24.0 Å². The molecule has 5 nitrogen and oxygen atoms in total. The molecule has 23 heavy (non-hydrogen) atoms. The number of aryl methyl sites for hydroxylation is 1. The second kappa shape index (κ2) is 6.02. The Hall–Kier alpha value is -1.79. The Kier molecular flexibility index (Phi) is 3.87. The molecule has 2 aromatic heterocycles. The van der Waals surface area contributed by atoms with Crippen LogP contribution in [0, 0.1) is 6.92 Å². The molecular formula is C17H20N4OS. The number of carbonyl (C=O) groups is 1. The Morgan fingerprint density at radius 1 is 1.35 bits per heavy atom. The second-order valence-corrected chi connectivity index (χ2v) is 7.33. The van der Waals surface area contributed by atoms with Crippen molar-refractivity contribution in [1.82, 2.24) is 14.9 Å². The van der Waals surface area contributed by atoms with Crippen molar-refractivity contribution in [2.24, 2.45) is 0 Å². The molecule has 6 heteroatoms. The van der Waals surface area contributed by atoms with Gasteiger partial charge < -0.3 is 4.90 Å². The number of nitrogens with zero attached hydrogens (tertiary/aromatic N) is 4. The molecule has 0 unspecified atom stereocenters. The van der Waals surface area contributed by atoms with Crippen LogP contribution in [0.2, 0.25) is 0 Å². The van der Waals surface area contributed by atoms with Crippen LogP contribution in [0.5, 0.6) is 0 Å². The fourth-order valence-corrected chi connectivity index (χ4v) is 4.47. The summed E-state index contributed by atoms with van der Waals surface area (Å²) < 4.78 is 0. The number of likely N-dealkylation sites (tertiary alicyclic amines) is 1. The highest BCUT2D eigenvalue weighted by Crippen LogP contribution is 2.35. The zero-order valence-corrected chi connectivity index (χ0v) is 14.0. The molecule has 2 aliphatic rings. The van der Waals surface area contributed by atoms with Gasteiger partial charge in [-0.3, -0.25) is 14.7 Å². The van der Waals surface area contributed by atoms with E-state index in [0.717, 1.165) is 42.3 Å². The van der Waals surface area contributed by atoms with E-state index in [2.05, 4.69) is 20.2 Å². The summed E-state index contributed by atoms with van der Waals surface area (Å²) in [7, 11) is 0. The topological polar surface area (TPSA) is 49.3 Å². The number of hydrogen-bond acceptors (Lipinski definition) is 5. The molecule has 2 atom stereocenters. The minimum atomic E-state index is 0.227. The zero-order chi connectivity index (χ0) is 15.8. The predicted octanol–water partition coefficient (Wildman–Crippen LogP) is 2.62. The van der Waals surface area contributed by atoms with Crippen LogP contribution in [0.3, 0.4) is 0 Å². The van der Waals surface area contributed by atoms with Gasteiger partial charge in [-0.2, -0.15) is 0 Å². The molecular weight excluding hydrogens is 308 g/mol. The Labute approximate surface area is 140 Å². The quantitative estimate of drug-likeness (QED) is 0.869. The fraction of sp³-hybridized carbons (Fsp3) is 0.471. The molecule has 2 aromatic rings. The molecule has 0 N–H and O–H groups in total. The number of thiazole rings is 1. The van der Waals surface area contributed by atoms with Gasteiger partial charge >= 0.3 is 0 Å². The molecule has 2 fully saturated rings. The van der Waals surface area contributed by atoms with Gasteiger partial charge in [-0.05, 0) is 31.9 Å². The Morgan fingerprint density at radius 3 is 3.00 bits per heavy atom.